The van der Waals surface area contributed by atoms with Gasteiger partial charge in [-0.05, 0) is 43.7 Å². The molecule has 0 aliphatic carbocycles. The molecule has 174 valence electrons. The maximum atomic E-state index is 13.6. The van der Waals surface area contributed by atoms with Gasteiger partial charge in [0.25, 0.3) is 10.0 Å². The first-order valence-electron chi connectivity index (χ1n) is 10.4. The summed E-state index contributed by atoms with van der Waals surface area (Å²) in [6.45, 7) is 3.72. The maximum Gasteiger partial charge on any atom is 0.264 e. The van der Waals surface area contributed by atoms with Gasteiger partial charge in [0.15, 0.2) is 0 Å². The number of ether oxygens (including phenoxy) is 2. The molecule has 0 bridgehead atoms. The van der Waals surface area contributed by atoms with Crippen LogP contribution in [-0.4, -0.2) is 35.1 Å². The van der Waals surface area contributed by atoms with E-state index in [9.17, 15) is 13.2 Å². The van der Waals surface area contributed by atoms with Crippen molar-refractivity contribution >= 4 is 21.6 Å². The lowest BCUT2D eigenvalue weighted by molar-refractivity contribution is -0.119. The Bertz CT molecular complexity index is 1220. The Morgan fingerprint density at radius 2 is 1.64 bits per heavy atom. The standard InChI is InChI=1S/C25H28N2O5S/c1-18-8-11-22(12-9-18)33(29,30)27(23-13-10-21(31-3)15-24(23)32-4)17-25(28)26-16-20-7-5-6-19(2)14-20/h5-15H,16-17H2,1-4H3,(H,26,28). The summed E-state index contributed by atoms with van der Waals surface area (Å²) in [5.41, 5.74) is 3.18. The van der Waals surface area contributed by atoms with Gasteiger partial charge >= 0.3 is 0 Å². The third kappa shape index (κ3) is 5.84. The highest BCUT2D eigenvalue weighted by atomic mass is 32.2. The zero-order valence-electron chi connectivity index (χ0n) is 19.2. The number of sulfonamides is 1. The van der Waals surface area contributed by atoms with E-state index in [1.54, 1.807) is 30.3 Å². The van der Waals surface area contributed by atoms with E-state index in [1.165, 1.54) is 26.4 Å². The monoisotopic (exact) mass is 468 g/mol. The van der Waals surface area contributed by atoms with Crippen LogP contribution < -0.4 is 19.1 Å². The van der Waals surface area contributed by atoms with Gasteiger partial charge in [-0.3, -0.25) is 9.10 Å². The minimum absolute atomic E-state index is 0.0810. The van der Waals surface area contributed by atoms with Gasteiger partial charge < -0.3 is 14.8 Å². The Labute approximate surface area is 195 Å². The van der Waals surface area contributed by atoms with Crippen LogP contribution in [0.15, 0.2) is 71.6 Å². The number of rotatable bonds is 9. The fourth-order valence-corrected chi connectivity index (χ4v) is 4.77. The fraction of sp³-hybridized carbons (Fsp3) is 0.240. The van der Waals surface area contributed by atoms with Crippen LogP contribution in [0, 0.1) is 13.8 Å². The summed E-state index contributed by atoms with van der Waals surface area (Å²) in [7, 11) is -1.11. The molecule has 0 unspecified atom stereocenters. The molecular weight excluding hydrogens is 440 g/mol. The Kier molecular flexibility index (Phi) is 7.60. The molecule has 0 saturated heterocycles. The number of hydrogen-bond acceptors (Lipinski definition) is 5. The van der Waals surface area contributed by atoms with Gasteiger partial charge in [0.2, 0.25) is 5.91 Å². The van der Waals surface area contributed by atoms with Gasteiger partial charge in [-0.25, -0.2) is 8.42 Å². The first-order valence-corrected chi connectivity index (χ1v) is 11.8. The second-order valence-corrected chi connectivity index (χ2v) is 9.49. The van der Waals surface area contributed by atoms with Crippen LogP contribution in [0.4, 0.5) is 5.69 Å². The lowest BCUT2D eigenvalue weighted by atomic mass is 10.1. The molecule has 7 nitrogen and oxygen atoms in total. The zero-order valence-corrected chi connectivity index (χ0v) is 20.0. The van der Waals surface area contributed by atoms with Crippen molar-refractivity contribution in [3.05, 3.63) is 83.4 Å². The maximum absolute atomic E-state index is 13.6. The van der Waals surface area contributed by atoms with E-state index in [-0.39, 0.29) is 16.3 Å². The minimum Gasteiger partial charge on any atom is -0.497 e. The van der Waals surface area contributed by atoms with Gasteiger partial charge in [-0.2, -0.15) is 0 Å². The van der Waals surface area contributed by atoms with E-state index in [0.29, 0.717) is 12.3 Å². The van der Waals surface area contributed by atoms with E-state index in [0.717, 1.165) is 21.0 Å². The fourth-order valence-electron chi connectivity index (χ4n) is 3.34. The third-order valence-electron chi connectivity index (χ3n) is 5.12. The molecule has 3 aromatic rings. The number of aryl methyl sites for hydroxylation is 2. The quantitative estimate of drug-likeness (QED) is 0.516. The molecule has 0 aliphatic rings. The average molecular weight is 469 g/mol. The Morgan fingerprint density at radius 3 is 2.27 bits per heavy atom. The van der Waals surface area contributed by atoms with Crippen LogP contribution >= 0.6 is 0 Å². The second-order valence-electron chi connectivity index (χ2n) is 7.63. The smallest absolute Gasteiger partial charge is 0.264 e. The van der Waals surface area contributed by atoms with Gasteiger partial charge in [0.1, 0.15) is 18.0 Å². The number of amides is 1. The van der Waals surface area contributed by atoms with Gasteiger partial charge in [-0.15, -0.1) is 0 Å². The molecule has 33 heavy (non-hydrogen) atoms. The van der Waals surface area contributed by atoms with Gasteiger partial charge in [0, 0.05) is 12.6 Å². The highest BCUT2D eigenvalue weighted by Gasteiger charge is 2.29. The molecule has 0 aromatic heterocycles. The van der Waals surface area contributed by atoms with Gasteiger partial charge in [0.05, 0.1) is 24.8 Å². The van der Waals surface area contributed by atoms with Crippen LogP contribution in [0.5, 0.6) is 11.5 Å². The first kappa shape index (κ1) is 24.1. The predicted octanol–water partition coefficient (Wildman–Crippen LogP) is 3.83. The molecule has 1 amide bonds. The van der Waals surface area contributed by atoms with Crippen molar-refractivity contribution < 1.29 is 22.7 Å². The molecule has 0 spiro atoms. The summed E-state index contributed by atoms with van der Waals surface area (Å²) in [6, 6.07) is 19.0. The van der Waals surface area contributed by atoms with Crippen molar-refractivity contribution in [3.63, 3.8) is 0 Å². The van der Waals surface area contributed by atoms with Crippen molar-refractivity contribution in [2.75, 3.05) is 25.1 Å². The zero-order chi connectivity index (χ0) is 24.0. The average Bonchev–Trinajstić information content (AvgIpc) is 2.81. The molecule has 3 rings (SSSR count). The molecule has 0 atom stereocenters. The van der Waals surface area contributed by atoms with Crippen LogP contribution in [0.3, 0.4) is 0 Å². The summed E-state index contributed by atoms with van der Waals surface area (Å²) >= 11 is 0. The third-order valence-corrected chi connectivity index (χ3v) is 6.90. The number of carbonyl (C=O) groups excluding carboxylic acids is 1. The Hall–Kier alpha value is -3.52. The largest absolute Gasteiger partial charge is 0.497 e. The van der Waals surface area contributed by atoms with Gasteiger partial charge in [-0.1, -0.05) is 47.5 Å². The molecule has 3 aromatic carbocycles. The number of anilines is 1. The number of hydrogen-bond donors (Lipinski definition) is 1. The van der Waals surface area contributed by atoms with E-state index >= 15 is 0 Å². The second kappa shape index (κ2) is 10.4. The highest BCUT2D eigenvalue weighted by molar-refractivity contribution is 7.92. The van der Waals surface area contributed by atoms with E-state index in [4.69, 9.17) is 9.47 Å². The van der Waals surface area contributed by atoms with E-state index in [1.807, 2.05) is 38.1 Å². The number of nitrogens with zero attached hydrogens (tertiary/aromatic N) is 1. The van der Waals surface area contributed by atoms with E-state index in [2.05, 4.69) is 5.32 Å². The lowest BCUT2D eigenvalue weighted by Gasteiger charge is -2.26. The number of nitrogens with one attached hydrogen (secondary N) is 1. The summed E-state index contributed by atoms with van der Waals surface area (Å²) in [5, 5.41) is 2.81. The molecule has 0 aliphatic heterocycles. The van der Waals surface area contributed by atoms with Crippen molar-refractivity contribution in [1.29, 1.82) is 0 Å². The highest BCUT2D eigenvalue weighted by Crippen LogP contribution is 2.35. The van der Waals surface area contributed by atoms with Crippen molar-refractivity contribution in [2.24, 2.45) is 0 Å². The Balaban J connectivity index is 1.95. The number of carbonyl (C=O) groups is 1. The molecule has 8 heteroatoms. The summed E-state index contributed by atoms with van der Waals surface area (Å²) in [6.07, 6.45) is 0. The molecule has 0 radical (unpaired) electrons. The summed E-state index contributed by atoms with van der Waals surface area (Å²) in [5.74, 6) is 0.341. The topological polar surface area (TPSA) is 84.9 Å². The minimum atomic E-state index is -4.06. The van der Waals surface area contributed by atoms with Crippen molar-refractivity contribution in [3.8, 4) is 11.5 Å². The molecular formula is C25H28N2O5S. The molecule has 0 saturated carbocycles. The molecule has 0 heterocycles. The van der Waals surface area contributed by atoms with Crippen LogP contribution in [0.25, 0.3) is 0 Å². The molecule has 0 fully saturated rings. The first-order chi connectivity index (χ1) is 15.7. The normalized spacial score (nSPS) is 11.0. The number of benzene rings is 3. The lowest BCUT2D eigenvalue weighted by Crippen LogP contribution is -2.40. The summed E-state index contributed by atoms with van der Waals surface area (Å²) < 4.78 is 38.9. The van der Waals surface area contributed by atoms with Crippen LogP contribution in [0.2, 0.25) is 0 Å². The summed E-state index contributed by atoms with van der Waals surface area (Å²) in [4.78, 5) is 12.9. The van der Waals surface area contributed by atoms with Crippen LogP contribution in [-0.2, 0) is 21.4 Å². The Morgan fingerprint density at radius 1 is 0.909 bits per heavy atom. The SMILES string of the molecule is COc1ccc(N(CC(=O)NCc2cccc(C)c2)S(=O)(=O)c2ccc(C)cc2)c(OC)c1. The predicted molar refractivity (Wildman–Crippen MR) is 128 cm³/mol. The number of methoxy groups -OCH3 is 2. The molecule has 1 N–H and O–H groups in total. The van der Waals surface area contributed by atoms with E-state index < -0.39 is 22.5 Å². The van der Waals surface area contributed by atoms with Crippen LogP contribution in [0.1, 0.15) is 16.7 Å². The van der Waals surface area contributed by atoms with Crippen molar-refractivity contribution in [2.45, 2.75) is 25.3 Å². The van der Waals surface area contributed by atoms with Crippen molar-refractivity contribution in [1.82, 2.24) is 5.32 Å².